The Balaban J connectivity index is 2.71. The van der Waals surface area contributed by atoms with Gasteiger partial charge in [0.2, 0.25) is 15.9 Å². The van der Waals surface area contributed by atoms with Crippen molar-refractivity contribution < 1.29 is 13.2 Å². The summed E-state index contributed by atoms with van der Waals surface area (Å²) in [5, 5.41) is 5.34. The van der Waals surface area contributed by atoms with Crippen molar-refractivity contribution in [2.45, 2.75) is 11.8 Å². The SMILES string of the molecule is CNc1ccccc1S(=O)(=O)NCCNC(C)=O. The molecule has 0 spiro atoms. The summed E-state index contributed by atoms with van der Waals surface area (Å²) in [6.45, 7) is 1.79. The van der Waals surface area contributed by atoms with E-state index in [9.17, 15) is 13.2 Å². The van der Waals surface area contributed by atoms with Crippen molar-refractivity contribution in [2.75, 3.05) is 25.5 Å². The van der Waals surface area contributed by atoms with E-state index in [0.29, 0.717) is 5.69 Å². The fourth-order valence-electron chi connectivity index (χ4n) is 1.41. The molecule has 18 heavy (non-hydrogen) atoms. The largest absolute Gasteiger partial charge is 0.387 e. The van der Waals surface area contributed by atoms with Crippen molar-refractivity contribution in [3.05, 3.63) is 24.3 Å². The molecule has 0 aromatic heterocycles. The Bertz CT molecular complexity index is 514. The lowest BCUT2D eigenvalue weighted by Crippen LogP contribution is -2.33. The number of hydrogen-bond acceptors (Lipinski definition) is 4. The first-order chi connectivity index (χ1) is 8.47. The summed E-state index contributed by atoms with van der Waals surface area (Å²) in [6, 6.07) is 6.61. The average molecular weight is 271 g/mol. The molecular weight excluding hydrogens is 254 g/mol. The molecule has 0 fully saturated rings. The van der Waals surface area contributed by atoms with Crippen LogP contribution in [0.1, 0.15) is 6.92 Å². The molecule has 0 aliphatic heterocycles. The molecule has 0 saturated carbocycles. The number of para-hydroxylation sites is 1. The molecule has 1 aromatic rings. The maximum atomic E-state index is 12.0. The second-order valence-electron chi connectivity index (χ2n) is 3.63. The van der Waals surface area contributed by atoms with E-state index in [2.05, 4.69) is 15.4 Å². The van der Waals surface area contributed by atoms with E-state index in [1.54, 1.807) is 25.2 Å². The predicted molar refractivity (Wildman–Crippen MR) is 69.9 cm³/mol. The second-order valence-corrected chi connectivity index (χ2v) is 5.36. The fourth-order valence-corrected chi connectivity index (χ4v) is 2.65. The lowest BCUT2D eigenvalue weighted by molar-refractivity contribution is -0.118. The molecule has 0 atom stereocenters. The second kappa shape index (κ2) is 6.36. The van der Waals surface area contributed by atoms with Crippen LogP contribution in [0.2, 0.25) is 0 Å². The van der Waals surface area contributed by atoms with E-state index in [4.69, 9.17) is 0 Å². The molecule has 3 N–H and O–H groups in total. The fraction of sp³-hybridized carbons (Fsp3) is 0.364. The molecule has 1 rings (SSSR count). The van der Waals surface area contributed by atoms with Gasteiger partial charge in [0.15, 0.2) is 0 Å². The van der Waals surface area contributed by atoms with Crippen molar-refractivity contribution in [3.63, 3.8) is 0 Å². The highest BCUT2D eigenvalue weighted by Gasteiger charge is 2.16. The minimum absolute atomic E-state index is 0.153. The van der Waals surface area contributed by atoms with E-state index in [1.807, 2.05) is 0 Å². The van der Waals surface area contributed by atoms with Gasteiger partial charge in [0.05, 0.1) is 5.69 Å². The summed E-state index contributed by atoms with van der Waals surface area (Å²) in [5.74, 6) is -0.190. The van der Waals surface area contributed by atoms with Crippen molar-refractivity contribution in [2.24, 2.45) is 0 Å². The van der Waals surface area contributed by atoms with Crippen molar-refractivity contribution >= 4 is 21.6 Å². The van der Waals surface area contributed by atoms with E-state index >= 15 is 0 Å². The van der Waals surface area contributed by atoms with E-state index < -0.39 is 10.0 Å². The normalized spacial score (nSPS) is 11.0. The summed E-state index contributed by atoms with van der Waals surface area (Å²) < 4.78 is 26.4. The van der Waals surface area contributed by atoms with Crippen molar-refractivity contribution in [3.8, 4) is 0 Å². The molecule has 6 nitrogen and oxygen atoms in total. The lowest BCUT2D eigenvalue weighted by atomic mass is 10.3. The van der Waals surface area contributed by atoms with Gasteiger partial charge < -0.3 is 10.6 Å². The van der Waals surface area contributed by atoms with Gasteiger partial charge in [-0.15, -0.1) is 0 Å². The number of anilines is 1. The first-order valence-electron chi connectivity index (χ1n) is 5.48. The standard InChI is InChI=1S/C11H17N3O3S/c1-9(15)13-7-8-14-18(16,17)11-6-4-3-5-10(11)12-2/h3-6,12,14H,7-8H2,1-2H3,(H,13,15). The zero-order valence-corrected chi connectivity index (χ0v) is 11.2. The lowest BCUT2D eigenvalue weighted by Gasteiger charge is -2.11. The Morgan fingerprint density at radius 2 is 1.89 bits per heavy atom. The Morgan fingerprint density at radius 1 is 1.22 bits per heavy atom. The van der Waals surface area contributed by atoms with Crippen LogP contribution < -0.4 is 15.4 Å². The summed E-state index contributed by atoms with van der Waals surface area (Å²) >= 11 is 0. The molecule has 7 heteroatoms. The Morgan fingerprint density at radius 3 is 2.50 bits per heavy atom. The maximum Gasteiger partial charge on any atom is 0.242 e. The van der Waals surface area contributed by atoms with Crippen LogP contribution in [0.3, 0.4) is 0 Å². The molecule has 0 unspecified atom stereocenters. The van der Waals surface area contributed by atoms with Crippen LogP contribution in [-0.2, 0) is 14.8 Å². The van der Waals surface area contributed by atoms with Crippen LogP contribution in [0.15, 0.2) is 29.2 Å². The van der Waals surface area contributed by atoms with E-state index in [-0.39, 0.29) is 23.9 Å². The number of carbonyl (C=O) groups excluding carboxylic acids is 1. The molecule has 0 heterocycles. The van der Waals surface area contributed by atoms with Crippen LogP contribution in [0, 0.1) is 0 Å². The quantitative estimate of drug-likeness (QED) is 0.642. The highest BCUT2D eigenvalue weighted by Crippen LogP contribution is 2.19. The van der Waals surface area contributed by atoms with E-state index in [0.717, 1.165) is 0 Å². The van der Waals surface area contributed by atoms with Gasteiger partial charge in [-0.2, -0.15) is 0 Å². The van der Waals surface area contributed by atoms with Gasteiger partial charge >= 0.3 is 0 Å². The number of nitrogens with one attached hydrogen (secondary N) is 3. The number of benzene rings is 1. The van der Waals surface area contributed by atoms with Crippen LogP contribution in [-0.4, -0.2) is 34.5 Å². The molecule has 1 aromatic carbocycles. The highest BCUT2D eigenvalue weighted by atomic mass is 32.2. The Kier molecular flexibility index (Phi) is 5.11. The summed E-state index contributed by atoms with van der Waals surface area (Å²) in [7, 11) is -1.91. The third kappa shape index (κ3) is 4.01. The van der Waals surface area contributed by atoms with Crippen LogP contribution in [0.5, 0.6) is 0 Å². The number of rotatable bonds is 6. The number of carbonyl (C=O) groups is 1. The molecule has 0 aliphatic carbocycles. The number of amides is 1. The zero-order chi connectivity index (χ0) is 13.6. The van der Waals surface area contributed by atoms with Gasteiger partial charge in [0, 0.05) is 27.1 Å². The highest BCUT2D eigenvalue weighted by molar-refractivity contribution is 7.89. The minimum atomic E-state index is -3.56. The first kappa shape index (κ1) is 14.5. The third-order valence-electron chi connectivity index (χ3n) is 2.24. The predicted octanol–water partition coefficient (Wildman–Crippen LogP) is 0.143. The topological polar surface area (TPSA) is 87.3 Å². The molecule has 0 radical (unpaired) electrons. The summed E-state index contributed by atoms with van der Waals surface area (Å²) in [5.41, 5.74) is 0.532. The Labute approximate surface area is 107 Å². The van der Waals surface area contributed by atoms with Crippen LogP contribution >= 0.6 is 0 Å². The van der Waals surface area contributed by atoms with Crippen LogP contribution in [0.25, 0.3) is 0 Å². The average Bonchev–Trinajstić information content (AvgIpc) is 2.34. The number of sulfonamides is 1. The molecule has 0 bridgehead atoms. The molecule has 0 saturated heterocycles. The zero-order valence-electron chi connectivity index (χ0n) is 10.4. The summed E-state index contributed by atoms with van der Waals surface area (Å²) in [4.78, 5) is 10.8. The molecule has 100 valence electrons. The monoisotopic (exact) mass is 271 g/mol. The van der Waals surface area contributed by atoms with E-state index in [1.165, 1.54) is 13.0 Å². The smallest absolute Gasteiger partial charge is 0.242 e. The molecular formula is C11H17N3O3S. The van der Waals surface area contributed by atoms with Crippen molar-refractivity contribution in [1.29, 1.82) is 0 Å². The minimum Gasteiger partial charge on any atom is -0.387 e. The first-order valence-corrected chi connectivity index (χ1v) is 6.96. The van der Waals surface area contributed by atoms with Gasteiger partial charge in [0.25, 0.3) is 0 Å². The molecule has 0 aliphatic rings. The number of hydrogen-bond donors (Lipinski definition) is 3. The summed E-state index contributed by atoms with van der Waals surface area (Å²) in [6.07, 6.45) is 0. The van der Waals surface area contributed by atoms with Gasteiger partial charge in [-0.25, -0.2) is 13.1 Å². The van der Waals surface area contributed by atoms with Crippen molar-refractivity contribution in [1.82, 2.24) is 10.0 Å². The molecule has 1 amide bonds. The maximum absolute atomic E-state index is 12.0. The Hall–Kier alpha value is -1.60. The van der Waals surface area contributed by atoms with Gasteiger partial charge in [-0.05, 0) is 12.1 Å². The van der Waals surface area contributed by atoms with Gasteiger partial charge in [0.1, 0.15) is 4.90 Å². The van der Waals surface area contributed by atoms with Gasteiger partial charge in [-0.3, -0.25) is 4.79 Å². The van der Waals surface area contributed by atoms with Gasteiger partial charge in [-0.1, -0.05) is 12.1 Å². The third-order valence-corrected chi connectivity index (χ3v) is 3.76. The van der Waals surface area contributed by atoms with Crippen LogP contribution in [0.4, 0.5) is 5.69 Å².